The van der Waals surface area contributed by atoms with Crippen LogP contribution in [0.2, 0.25) is 0 Å². The van der Waals surface area contributed by atoms with Gasteiger partial charge in [-0.25, -0.2) is 0 Å². The molecule has 0 bridgehead atoms. The molecular weight excluding hydrogens is 581 g/mol. The van der Waals surface area contributed by atoms with Crippen molar-refractivity contribution in [1.29, 1.82) is 0 Å². The van der Waals surface area contributed by atoms with Crippen molar-refractivity contribution >= 4 is 54.3 Å². The maximum Gasteiger partial charge on any atom is 0.0635 e. The molecule has 2 heterocycles. The number of para-hydroxylation sites is 2. The largest absolute Gasteiger partial charge is 0.309 e. The molecule has 0 unspecified atom stereocenters. The Bertz CT molecular complexity index is 2800. The quantitative estimate of drug-likeness (QED) is 0.175. The summed E-state index contributed by atoms with van der Waals surface area (Å²) in [6.45, 7) is 0. The van der Waals surface area contributed by atoms with Crippen LogP contribution in [0.5, 0.6) is 0 Å². The number of hydrogen-bond acceptors (Lipinski definition) is 0. The van der Waals surface area contributed by atoms with Crippen molar-refractivity contribution in [2.75, 3.05) is 0 Å². The van der Waals surface area contributed by atoms with Crippen LogP contribution in [0, 0.1) is 0 Å². The number of benzene rings is 8. The van der Waals surface area contributed by atoms with E-state index in [1.807, 2.05) is 0 Å². The highest BCUT2D eigenvalue weighted by Crippen LogP contribution is 2.41. The monoisotopic (exact) mass is 610 g/mol. The van der Waals surface area contributed by atoms with E-state index in [9.17, 15) is 0 Å². The molecule has 0 amide bonds. The fraction of sp³-hybridized carbons (Fsp3) is 0. The van der Waals surface area contributed by atoms with Crippen molar-refractivity contribution in [3.05, 3.63) is 182 Å². The molecule has 0 saturated heterocycles. The topological polar surface area (TPSA) is 9.86 Å². The molecule has 0 aliphatic carbocycles. The van der Waals surface area contributed by atoms with Crippen molar-refractivity contribution in [1.82, 2.24) is 9.13 Å². The van der Waals surface area contributed by atoms with Gasteiger partial charge >= 0.3 is 0 Å². The third-order valence-corrected chi connectivity index (χ3v) is 9.90. The maximum atomic E-state index is 2.45. The van der Waals surface area contributed by atoms with Crippen molar-refractivity contribution < 1.29 is 0 Å². The Kier molecular flexibility index (Phi) is 5.91. The highest BCUT2D eigenvalue weighted by Gasteiger charge is 2.20. The number of nitrogens with zero attached hydrogens (tertiary/aromatic N) is 2. The van der Waals surface area contributed by atoms with Crippen LogP contribution in [0.1, 0.15) is 0 Å². The van der Waals surface area contributed by atoms with Crippen LogP contribution >= 0.6 is 0 Å². The van der Waals surface area contributed by atoms with E-state index in [0.717, 1.165) is 11.4 Å². The molecule has 0 spiro atoms. The molecule has 2 heteroatoms. The van der Waals surface area contributed by atoms with Crippen LogP contribution in [-0.4, -0.2) is 9.13 Å². The summed E-state index contributed by atoms with van der Waals surface area (Å²) < 4.78 is 4.85. The average Bonchev–Trinajstić information content (AvgIpc) is 3.72. The Morgan fingerprint density at radius 1 is 0.292 bits per heavy atom. The van der Waals surface area contributed by atoms with Gasteiger partial charge in [0.25, 0.3) is 0 Å². The first-order chi connectivity index (χ1) is 23.8. The van der Waals surface area contributed by atoms with Crippen molar-refractivity contribution in [2.45, 2.75) is 0 Å². The van der Waals surface area contributed by atoms with E-state index in [1.54, 1.807) is 0 Å². The Morgan fingerprint density at radius 2 is 0.896 bits per heavy atom. The van der Waals surface area contributed by atoms with Crippen LogP contribution in [0.25, 0.3) is 88.0 Å². The molecule has 0 aliphatic heterocycles. The minimum atomic E-state index is 1.15. The van der Waals surface area contributed by atoms with Crippen LogP contribution in [0.4, 0.5) is 0 Å². The average molecular weight is 611 g/mol. The fourth-order valence-corrected chi connectivity index (χ4v) is 7.68. The molecule has 0 N–H and O–H groups in total. The Morgan fingerprint density at radius 3 is 1.73 bits per heavy atom. The summed E-state index contributed by atoms with van der Waals surface area (Å²) in [5, 5.41) is 8.88. The van der Waals surface area contributed by atoms with Gasteiger partial charge in [0.05, 0.1) is 22.2 Å². The number of hydrogen-bond donors (Lipinski definition) is 0. The van der Waals surface area contributed by atoms with Gasteiger partial charge in [0.1, 0.15) is 0 Å². The van der Waals surface area contributed by atoms with E-state index in [2.05, 4.69) is 191 Å². The first kappa shape index (κ1) is 26.8. The van der Waals surface area contributed by atoms with E-state index in [1.165, 1.54) is 76.6 Å². The Balaban J connectivity index is 1.18. The lowest BCUT2D eigenvalue weighted by Gasteiger charge is -2.12. The minimum absolute atomic E-state index is 1.15. The van der Waals surface area contributed by atoms with Gasteiger partial charge in [-0.15, -0.1) is 0 Å². The van der Waals surface area contributed by atoms with Gasteiger partial charge in [0, 0.05) is 27.5 Å². The third-order valence-electron chi connectivity index (χ3n) is 9.90. The highest BCUT2D eigenvalue weighted by atomic mass is 15.0. The van der Waals surface area contributed by atoms with E-state index in [4.69, 9.17) is 0 Å². The van der Waals surface area contributed by atoms with Crippen LogP contribution in [0.15, 0.2) is 182 Å². The molecule has 2 aromatic heterocycles. The predicted molar refractivity (Wildman–Crippen MR) is 203 cm³/mol. The molecule has 0 radical (unpaired) electrons. The normalized spacial score (nSPS) is 11.8. The molecule has 2 nitrogen and oxygen atoms in total. The van der Waals surface area contributed by atoms with Crippen LogP contribution < -0.4 is 0 Å². The van der Waals surface area contributed by atoms with Gasteiger partial charge in [-0.1, -0.05) is 133 Å². The van der Waals surface area contributed by atoms with Gasteiger partial charge < -0.3 is 9.13 Å². The Hall–Kier alpha value is -6.38. The zero-order valence-electron chi connectivity index (χ0n) is 26.2. The standard InChI is InChI=1S/C46H30N2/c1-3-12-33(13-4-1)45-30-42-44(47(45)36-14-5-2-6-15-36)28-27-41-40-17-9-10-18-43(40)48(46(41)42)37-24-21-31(22-25-37)34-23-26-39-35(29-34)20-19-32-11-7-8-16-38(32)39/h1-30H. The number of rotatable bonds is 4. The summed E-state index contributed by atoms with van der Waals surface area (Å²) in [7, 11) is 0. The van der Waals surface area contributed by atoms with Gasteiger partial charge in [0.15, 0.2) is 0 Å². The lowest BCUT2D eigenvalue weighted by atomic mass is 9.97. The number of aromatic nitrogens is 2. The summed E-state index contributed by atoms with van der Waals surface area (Å²) in [6.07, 6.45) is 0. The van der Waals surface area contributed by atoms with E-state index in [0.29, 0.717) is 0 Å². The lowest BCUT2D eigenvalue weighted by Crippen LogP contribution is -1.97. The molecule has 10 aromatic rings. The SMILES string of the molecule is c1ccc(-c2cc3c(ccc4c5ccccc5n(-c5ccc(-c6ccc7c(ccc8ccccc87)c6)cc5)c43)n2-c2ccccc2)cc1. The molecular formula is C46H30N2. The molecule has 0 saturated carbocycles. The number of fused-ring (bicyclic) bond motifs is 8. The summed E-state index contributed by atoms with van der Waals surface area (Å²) in [5.74, 6) is 0. The van der Waals surface area contributed by atoms with E-state index >= 15 is 0 Å². The fourth-order valence-electron chi connectivity index (χ4n) is 7.68. The van der Waals surface area contributed by atoms with Crippen molar-refractivity contribution in [3.8, 4) is 33.8 Å². The molecule has 0 fully saturated rings. The summed E-state index contributed by atoms with van der Waals surface area (Å²) in [5.41, 5.74) is 10.7. The van der Waals surface area contributed by atoms with Crippen LogP contribution in [-0.2, 0) is 0 Å². The Labute approximate surface area is 278 Å². The molecule has 8 aromatic carbocycles. The van der Waals surface area contributed by atoms with Gasteiger partial charge in [-0.05, 0) is 86.8 Å². The summed E-state index contributed by atoms with van der Waals surface area (Å²) in [4.78, 5) is 0. The van der Waals surface area contributed by atoms with E-state index in [-0.39, 0.29) is 0 Å². The van der Waals surface area contributed by atoms with Gasteiger partial charge in [-0.2, -0.15) is 0 Å². The predicted octanol–water partition coefficient (Wildman–Crippen LogP) is 12.4. The highest BCUT2D eigenvalue weighted by molar-refractivity contribution is 6.19. The van der Waals surface area contributed by atoms with Gasteiger partial charge in [0.2, 0.25) is 0 Å². The first-order valence-electron chi connectivity index (χ1n) is 16.5. The van der Waals surface area contributed by atoms with Crippen molar-refractivity contribution in [2.24, 2.45) is 0 Å². The summed E-state index contributed by atoms with van der Waals surface area (Å²) in [6, 6.07) is 66.2. The molecule has 224 valence electrons. The molecule has 0 atom stereocenters. The maximum absolute atomic E-state index is 2.45. The second-order valence-corrected chi connectivity index (χ2v) is 12.6. The lowest BCUT2D eigenvalue weighted by molar-refractivity contribution is 1.13. The minimum Gasteiger partial charge on any atom is -0.309 e. The summed E-state index contributed by atoms with van der Waals surface area (Å²) >= 11 is 0. The zero-order chi connectivity index (χ0) is 31.6. The van der Waals surface area contributed by atoms with Crippen molar-refractivity contribution in [3.63, 3.8) is 0 Å². The zero-order valence-corrected chi connectivity index (χ0v) is 26.2. The molecule has 48 heavy (non-hydrogen) atoms. The first-order valence-corrected chi connectivity index (χ1v) is 16.5. The smallest absolute Gasteiger partial charge is 0.0635 e. The van der Waals surface area contributed by atoms with Crippen LogP contribution in [0.3, 0.4) is 0 Å². The third kappa shape index (κ3) is 4.06. The second kappa shape index (κ2) is 10.6. The van der Waals surface area contributed by atoms with Gasteiger partial charge in [-0.3, -0.25) is 0 Å². The van der Waals surface area contributed by atoms with E-state index < -0.39 is 0 Å². The molecule has 0 aliphatic rings. The molecule has 10 rings (SSSR count). The second-order valence-electron chi connectivity index (χ2n) is 12.6.